The van der Waals surface area contributed by atoms with Crippen LogP contribution in [-0.2, 0) is 16.0 Å². The van der Waals surface area contributed by atoms with Crippen molar-refractivity contribution < 1.29 is 9.59 Å². The van der Waals surface area contributed by atoms with Crippen molar-refractivity contribution in [3.8, 4) is 0 Å². The highest BCUT2D eigenvalue weighted by atomic mass is 35.5. The molecule has 0 amide bonds. The molecule has 14 heavy (non-hydrogen) atoms. The van der Waals surface area contributed by atoms with Gasteiger partial charge in [-0.25, -0.2) is 0 Å². The van der Waals surface area contributed by atoms with E-state index in [1.807, 2.05) is 18.2 Å². The van der Waals surface area contributed by atoms with Gasteiger partial charge in [-0.3, -0.25) is 9.59 Å². The third-order valence-electron chi connectivity index (χ3n) is 2.19. The third kappa shape index (κ3) is 1.49. The Morgan fingerprint density at radius 3 is 2.71 bits per heavy atom. The monoisotopic (exact) mass is 206 g/mol. The molecular formula is C11H7ClO2. The lowest BCUT2D eigenvalue weighted by atomic mass is 9.91. The number of halogens is 1. The van der Waals surface area contributed by atoms with E-state index in [1.165, 1.54) is 6.08 Å². The molecular weight excluding hydrogens is 200 g/mol. The van der Waals surface area contributed by atoms with Crippen molar-refractivity contribution in [2.75, 3.05) is 0 Å². The van der Waals surface area contributed by atoms with Gasteiger partial charge >= 0.3 is 0 Å². The highest BCUT2D eigenvalue weighted by Gasteiger charge is 2.20. The fraction of sp³-hybridized carbons (Fsp3) is 0.0909. The van der Waals surface area contributed by atoms with Crippen molar-refractivity contribution in [3.05, 3.63) is 41.5 Å². The Morgan fingerprint density at radius 2 is 2.00 bits per heavy atom. The summed E-state index contributed by atoms with van der Waals surface area (Å²) in [5.41, 5.74) is 1.94. The van der Waals surface area contributed by atoms with Gasteiger partial charge in [0, 0.05) is 12.0 Å². The van der Waals surface area contributed by atoms with Crippen LogP contribution >= 0.6 is 11.6 Å². The Kier molecular flexibility index (Phi) is 2.22. The molecule has 0 atom stereocenters. The van der Waals surface area contributed by atoms with E-state index in [2.05, 4.69) is 0 Å². The molecule has 0 fully saturated rings. The number of hydrogen-bond donors (Lipinski definition) is 0. The molecule has 0 saturated carbocycles. The Morgan fingerprint density at radius 1 is 1.29 bits per heavy atom. The maximum Gasteiger partial charge on any atom is 0.253 e. The van der Waals surface area contributed by atoms with Gasteiger partial charge < -0.3 is 0 Å². The summed E-state index contributed by atoms with van der Waals surface area (Å²) >= 11 is 5.39. The van der Waals surface area contributed by atoms with Crippen LogP contribution in [0.3, 0.4) is 0 Å². The normalized spacial score (nSPS) is 14.6. The van der Waals surface area contributed by atoms with Gasteiger partial charge in [0.15, 0.2) is 5.78 Å². The van der Waals surface area contributed by atoms with Crippen LogP contribution in [0, 0.1) is 0 Å². The highest BCUT2D eigenvalue weighted by Crippen LogP contribution is 2.26. The second-order valence-corrected chi connectivity index (χ2v) is 3.48. The number of hydrogen-bond acceptors (Lipinski definition) is 2. The van der Waals surface area contributed by atoms with E-state index >= 15 is 0 Å². The van der Waals surface area contributed by atoms with Crippen LogP contribution in [0.4, 0.5) is 0 Å². The first-order valence-corrected chi connectivity index (χ1v) is 4.59. The minimum Gasteiger partial charge on any atom is -0.294 e. The SMILES string of the molecule is O=C1C=C(C(=O)Cl)c2ccccc2C1. The van der Waals surface area contributed by atoms with E-state index in [9.17, 15) is 9.59 Å². The molecule has 0 heterocycles. The van der Waals surface area contributed by atoms with Gasteiger partial charge in [-0.05, 0) is 28.8 Å². The maximum atomic E-state index is 11.3. The highest BCUT2D eigenvalue weighted by molar-refractivity contribution is 6.74. The van der Waals surface area contributed by atoms with E-state index < -0.39 is 5.24 Å². The average molecular weight is 207 g/mol. The maximum absolute atomic E-state index is 11.3. The molecule has 0 aliphatic heterocycles. The van der Waals surface area contributed by atoms with Gasteiger partial charge in [0.25, 0.3) is 5.24 Å². The van der Waals surface area contributed by atoms with Gasteiger partial charge in [-0.2, -0.15) is 0 Å². The molecule has 70 valence electrons. The number of benzene rings is 1. The standard InChI is InChI=1S/C11H7ClO2/c12-11(14)10-6-8(13)5-7-3-1-2-4-9(7)10/h1-4,6H,5H2. The van der Waals surface area contributed by atoms with Crippen LogP contribution in [0.15, 0.2) is 30.3 Å². The third-order valence-corrected chi connectivity index (χ3v) is 2.39. The quantitative estimate of drug-likeness (QED) is 0.659. The van der Waals surface area contributed by atoms with Gasteiger partial charge in [0.1, 0.15) is 0 Å². The van der Waals surface area contributed by atoms with E-state index in [0.29, 0.717) is 12.0 Å². The summed E-state index contributed by atoms with van der Waals surface area (Å²) in [6, 6.07) is 7.30. The smallest absolute Gasteiger partial charge is 0.253 e. The average Bonchev–Trinajstić information content (AvgIpc) is 2.16. The fourth-order valence-electron chi connectivity index (χ4n) is 1.58. The number of carbonyl (C=O) groups excluding carboxylic acids is 2. The lowest BCUT2D eigenvalue weighted by molar-refractivity contribution is -0.114. The van der Waals surface area contributed by atoms with Crippen LogP contribution in [0.5, 0.6) is 0 Å². The zero-order chi connectivity index (χ0) is 10.1. The first-order chi connectivity index (χ1) is 6.68. The summed E-state index contributed by atoms with van der Waals surface area (Å²) in [5, 5.41) is -0.578. The molecule has 0 saturated heterocycles. The van der Waals surface area contributed by atoms with Crippen molar-refractivity contribution in [3.63, 3.8) is 0 Å². The summed E-state index contributed by atoms with van der Waals surface area (Å²) in [5.74, 6) is -0.0762. The van der Waals surface area contributed by atoms with Crippen LogP contribution in [-0.4, -0.2) is 11.0 Å². The molecule has 0 radical (unpaired) electrons. The molecule has 3 heteroatoms. The zero-order valence-corrected chi connectivity index (χ0v) is 8.04. The molecule has 0 unspecified atom stereocenters. The first-order valence-electron chi connectivity index (χ1n) is 4.21. The predicted octanol–water partition coefficient (Wildman–Crippen LogP) is 1.96. The molecule has 2 nitrogen and oxygen atoms in total. The van der Waals surface area contributed by atoms with E-state index in [1.54, 1.807) is 6.07 Å². The molecule has 1 aromatic carbocycles. The van der Waals surface area contributed by atoms with Gasteiger partial charge in [0.05, 0.1) is 0 Å². The number of carbonyl (C=O) groups is 2. The topological polar surface area (TPSA) is 34.1 Å². The zero-order valence-electron chi connectivity index (χ0n) is 7.29. The van der Waals surface area contributed by atoms with Crippen molar-refractivity contribution >= 4 is 28.2 Å². The lowest BCUT2D eigenvalue weighted by Gasteiger charge is -2.13. The number of ketones is 1. The second kappa shape index (κ2) is 3.39. The first kappa shape index (κ1) is 9.16. The number of fused-ring (bicyclic) bond motifs is 1. The van der Waals surface area contributed by atoms with E-state index in [4.69, 9.17) is 11.6 Å². The Bertz CT molecular complexity index is 446. The summed E-state index contributed by atoms with van der Waals surface area (Å²) in [7, 11) is 0. The summed E-state index contributed by atoms with van der Waals surface area (Å²) in [6.45, 7) is 0. The summed E-state index contributed by atoms with van der Waals surface area (Å²) in [6.07, 6.45) is 1.67. The van der Waals surface area contributed by atoms with Crippen molar-refractivity contribution in [2.24, 2.45) is 0 Å². The van der Waals surface area contributed by atoms with Crippen molar-refractivity contribution in [1.82, 2.24) is 0 Å². The van der Waals surface area contributed by atoms with Crippen LogP contribution in [0.25, 0.3) is 5.57 Å². The lowest BCUT2D eigenvalue weighted by Crippen LogP contribution is -2.11. The van der Waals surface area contributed by atoms with Gasteiger partial charge in [-0.15, -0.1) is 0 Å². The second-order valence-electron chi connectivity index (χ2n) is 3.13. The Hall–Kier alpha value is -1.41. The Balaban J connectivity index is 2.61. The van der Waals surface area contributed by atoms with Crippen molar-refractivity contribution in [1.29, 1.82) is 0 Å². The Labute approximate surface area is 86.2 Å². The van der Waals surface area contributed by atoms with Gasteiger partial charge in [-0.1, -0.05) is 24.3 Å². The molecule has 0 N–H and O–H groups in total. The van der Waals surface area contributed by atoms with Crippen LogP contribution in [0.1, 0.15) is 11.1 Å². The van der Waals surface area contributed by atoms with Crippen molar-refractivity contribution in [2.45, 2.75) is 6.42 Å². The van der Waals surface area contributed by atoms with Crippen LogP contribution in [0.2, 0.25) is 0 Å². The van der Waals surface area contributed by atoms with E-state index in [-0.39, 0.29) is 5.78 Å². The molecule has 1 aliphatic rings. The number of rotatable bonds is 1. The summed E-state index contributed by atoms with van der Waals surface area (Å²) < 4.78 is 0. The fourth-order valence-corrected chi connectivity index (χ4v) is 1.73. The molecule has 2 rings (SSSR count). The molecule has 1 aromatic rings. The minimum absolute atomic E-state index is 0.0762. The molecule has 1 aliphatic carbocycles. The van der Waals surface area contributed by atoms with E-state index in [0.717, 1.165) is 11.1 Å². The van der Waals surface area contributed by atoms with Crippen LogP contribution < -0.4 is 0 Å². The molecule has 0 spiro atoms. The minimum atomic E-state index is -0.578. The molecule has 0 bridgehead atoms. The van der Waals surface area contributed by atoms with Gasteiger partial charge in [0.2, 0.25) is 0 Å². The molecule has 0 aromatic heterocycles. The number of allylic oxidation sites excluding steroid dienone is 2. The largest absolute Gasteiger partial charge is 0.294 e. The predicted molar refractivity (Wildman–Crippen MR) is 54.0 cm³/mol. The summed E-state index contributed by atoms with van der Waals surface area (Å²) in [4.78, 5) is 22.3.